The minimum atomic E-state index is -0.137. The Labute approximate surface area is 172 Å². The normalized spacial score (nSPS) is 11.0. The van der Waals surface area contributed by atoms with Crippen molar-refractivity contribution in [3.63, 3.8) is 0 Å². The predicted octanol–water partition coefficient (Wildman–Crippen LogP) is 4.07. The van der Waals surface area contributed by atoms with Gasteiger partial charge in [-0.1, -0.05) is 17.4 Å². The summed E-state index contributed by atoms with van der Waals surface area (Å²) in [6, 6.07) is 11.4. The zero-order chi connectivity index (χ0) is 20.4. The second-order valence-electron chi connectivity index (χ2n) is 6.57. The van der Waals surface area contributed by atoms with Gasteiger partial charge in [-0.15, -0.1) is 0 Å². The van der Waals surface area contributed by atoms with E-state index in [-0.39, 0.29) is 5.91 Å². The van der Waals surface area contributed by atoms with Crippen molar-refractivity contribution in [3.05, 3.63) is 65.7 Å². The lowest BCUT2D eigenvalue weighted by molar-refractivity contribution is 0.0975. The zero-order valence-electron chi connectivity index (χ0n) is 16.5. The van der Waals surface area contributed by atoms with Gasteiger partial charge in [-0.05, 0) is 43.7 Å². The summed E-state index contributed by atoms with van der Waals surface area (Å²) in [6.45, 7) is 4.85. The number of hydrogen-bond donors (Lipinski definition) is 0. The molecule has 0 spiro atoms. The second-order valence-corrected chi connectivity index (χ2v) is 7.58. The van der Waals surface area contributed by atoms with Crippen LogP contribution < -0.4 is 9.64 Å². The van der Waals surface area contributed by atoms with Crippen molar-refractivity contribution >= 4 is 32.6 Å². The maximum atomic E-state index is 13.5. The Balaban J connectivity index is 1.78. The average molecular weight is 407 g/mol. The highest BCUT2D eigenvalue weighted by molar-refractivity contribution is 7.22. The van der Waals surface area contributed by atoms with E-state index in [4.69, 9.17) is 9.72 Å². The van der Waals surface area contributed by atoms with E-state index < -0.39 is 0 Å². The van der Waals surface area contributed by atoms with Crippen molar-refractivity contribution in [1.82, 2.24) is 19.7 Å². The van der Waals surface area contributed by atoms with Crippen LogP contribution in [0.5, 0.6) is 5.75 Å². The fraction of sp³-hybridized carbons (Fsp3) is 0.238. The summed E-state index contributed by atoms with van der Waals surface area (Å²) < 4.78 is 8.02. The number of carbonyl (C=O) groups is 1. The van der Waals surface area contributed by atoms with Crippen LogP contribution in [0, 0.1) is 6.92 Å². The highest BCUT2D eigenvalue weighted by atomic mass is 32.1. The van der Waals surface area contributed by atoms with Gasteiger partial charge in [0.05, 0.1) is 29.6 Å². The maximum Gasteiger partial charge on any atom is 0.278 e. The number of amides is 1. The minimum Gasteiger partial charge on any atom is -0.497 e. The summed E-state index contributed by atoms with van der Waals surface area (Å²) in [6.07, 6.45) is 3.48. The van der Waals surface area contributed by atoms with Gasteiger partial charge in [0, 0.05) is 25.0 Å². The van der Waals surface area contributed by atoms with E-state index in [0.29, 0.717) is 23.9 Å². The monoisotopic (exact) mass is 407 g/mol. The Hall–Kier alpha value is -3.26. The fourth-order valence-corrected chi connectivity index (χ4v) is 4.08. The fourth-order valence-electron chi connectivity index (χ4n) is 3.14. The molecule has 0 radical (unpaired) electrons. The standard InChI is InChI=1S/C21H21N5O2S/c1-4-26-18(10-14(2)24-26)20(27)25(13-15-6-5-9-22-12-15)21-23-17-11-16(28-3)7-8-19(17)29-21/h5-12H,4,13H2,1-3H3. The van der Waals surface area contributed by atoms with Crippen LogP contribution >= 0.6 is 11.3 Å². The number of methoxy groups -OCH3 is 1. The quantitative estimate of drug-likeness (QED) is 0.482. The highest BCUT2D eigenvalue weighted by Gasteiger charge is 2.25. The molecule has 29 heavy (non-hydrogen) atoms. The molecule has 3 aromatic heterocycles. The van der Waals surface area contributed by atoms with Crippen molar-refractivity contribution < 1.29 is 9.53 Å². The van der Waals surface area contributed by atoms with E-state index in [0.717, 1.165) is 27.2 Å². The van der Waals surface area contributed by atoms with Crippen LogP contribution in [0.2, 0.25) is 0 Å². The summed E-state index contributed by atoms with van der Waals surface area (Å²) in [4.78, 5) is 24.1. The molecule has 148 valence electrons. The third-order valence-electron chi connectivity index (χ3n) is 4.54. The Kier molecular flexibility index (Phi) is 5.26. The zero-order valence-corrected chi connectivity index (χ0v) is 17.3. The number of benzene rings is 1. The molecule has 0 aliphatic heterocycles. The van der Waals surface area contributed by atoms with Gasteiger partial charge in [-0.2, -0.15) is 5.10 Å². The molecular formula is C21H21N5O2S. The van der Waals surface area contributed by atoms with E-state index in [9.17, 15) is 4.79 Å². The molecule has 0 unspecified atom stereocenters. The van der Waals surface area contributed by atoms with Gasteiger partial charge in [0.25, 0.3) is 5.91 Å². The van der Waals surface area contributed by atoms with Crippen molar-refractivity contribution in [2.75, 3.05) is 12.0 Å². The van der Waals surface area contributed by atoms with Crippen LogP contribution in [-0.2, 0) is 13.1 Å². The molecule has 3 heterocycles. The molecule has 0 aliphatic rings. The molecule has 0 bridgehead atoms. The highest BCUT2D eigenvalue weighted by Crippen LogP contribution is 2.32. The first-order valence-corrected chi connectivity index (χ1v) is 10.1. The Bertz CT molecular complexity index is 1150. The molecule has 4 rings (SSSR count). The number of anilines is 1. The van der Waals surface area contributed by atoms with E-state index in [1.807, 2.05) is 50.2 Å². The lowest BCUT2D eigenvalue weighted by atomic mass is 10.2. The number of pyridine rings is 1. The first-order valence-electron chi connectivity index (χ1n) is 9.29. The molecule has 0 saturated carbocycles. The van der Waals surface area contributed by atoms with Crippen LogP contribution in [0.25, 0.3) is 10.2 Å². The number of rotatable bonds is 6. The first kappa shape index (κ1) is 19.1. The minimum absolute atomic E-state index is 0.137. The number of nitrogens with zero attached hydrogens (tertiary/aromatic N) is 5. The van der Waals surface area contributed by atoms with Crippen molar-refractivity contribution in [3.8, 4) is 5.75 Å². The second kappa shape index (κ2) is 8.00. The summed E-state index contributed by atoms with van der Waals surface area (Å²) in [5.41, 5.74) is 3.08. The Morgan fingerprint density at radius 3 is 2.86 bits per heavy atom. The molecule has 0 saturated heterocycles. The van der Waals surface area contributed by atoms with Crippen molar-refractivity contribution in [2.24, 2.45) is 0 Å². The van der Waals surface area contributed by atoms with Gasteiger partial charge in [-0.3, -0.25) is 19.4 Å². The molecular weight excluding hydrogens is 386 g/mol. The summed E-state index contributed by atoms with van der Waals surface area (Å²) in [7, 11) is 1.63. The molecule has 0 N–H and O–H groups in total. The molecule has 0 fully saturated rings. The maximum absolute atomic E-state index is 13.5. The number of aromatic nitrogens is 4. The Morgan fingerprint density at radius 1 is 1.28 bits per heavy atom. The number of thiazole rings is 1. The molecule has 7 nitrogen and oxygen atoms in total. The third-order valence-corrected chi connectivity index (χ3v) is 5.60. The number of ether oxygens (including phenoxy) is 1. The summed E-state index contributed by atoms with van der Waals surface area (Å²) in [5.74, 6) is 0.599. The van der Waals surface area contributed by atoms with Crippen LogP contribution in [0.15, 0.2) is 48.8 Å². The topological polar surface area (TPSA) is 73.1 Å². The first-order chi connectivity index (χ1) is 14.1. The summed E-state index contributed by atoms with van der Waals surface area (Å²) in [5, 5.41) is 5.05. The summed E-state index contributed by atoms with van der Waals surface area (Å²) >= 11 is 1.48. The molecule has 0 atom stereocenters. The predicted molar refractivity (Wildman–Crippen MR) is 114 cm³/mol. The van der Waals surface area contributed by atoms with Gasteiger partial charge in [0.15, 0.2) is 5.13 Å². The van der Waals surface area contributed by atoms with Gasteiger partial charge in [0.2, 0.25) is 0 Å². The van der Waals surface area contributed by atoms with Gasteiger partial charge in [0.1, 0.15) is 11.4 Å². The number of fused-ring (bicyclic) bond motifs is 1. The van der Waals surface area contributed by atoms with E-state index in [2.05, 4.69) is 10.1 Å². The molecule has 4 aromatic rings. The smallest absolute Gasteiger partial charge is 0.278 e. The largest absolute Gasteiger partial charge is 0.497 e. The molecule has 8 heteroatoms. The molecule has 0 aliphatic carbocycles. The Morgan fingerprint density at radius 2 is 2.14 bits per heavy atom. The van der Waals surface area contributed by atoms with E-state index >= 15 is 0 Å². The molecule has 1 aromatic carbocycles. The third kappa shape index (κ3) is 3.84. The van der Waals surface area contributed by atoms with Crippen molar-refractivity contribution in [2.45, 2.75) is 26.9 Å². The van der Waals surface area contributed by atoms with Crippen molar-refractivity contribution in [1.29, 1.82) is 0 Å². The number of hydrogen-bond acceptors (Lipinski definition) is 6. The number of aryl methyl sites for hydroxylation is 2. The SMILES string of the molecule is CCn1nc(C)cc1C(=O)N(Cc1cccnc1)c1nc2cc(OC)ccc2s1. The number of carbonyl (C=O) groups excluding carboxylic acids is 1. The van der Waals surface area contributed by atoms with Gasteiger partial charge >= 0.3 is 0 Å². The lowest BCUT2D eigenvalue weighted by Crippen LogP contribution is -2.32. The van der Waals surface area contributed by atoms with Crippen LogP contribution in [-0.4, -0.2) is 32.8 Å². The van der Waals surface area contributed by atoms with E-state index in [1.165, 1.54) is 11.3 Å². The van der Waals surface area contributed by atoms with Crippen LogP contribution in [0.1, 0.15) is 28.7 Å². The lowest BCUT2D eigenvalue weighted by Gasteiger charge is -2.20. The van der Waals surface area contributed by atoms with Crippen LogP contribution in [0.4, 0.5) is 5.13 Å². The van der Waals surface area contributed by atoms with Gasteiger partial charge in [-0.25, -0.2) is 4.98 Å². The molecule has 1 amide bonds. The van der Waals surface area contributed by atoms with Crippen LogP contribution in [0.3, 0.4) is 0 Å². The van der Waals surface area contributed by atoms with Gasteiger partial charge < -0.3 is 4.74 Å². The average Bonchev–Trinajstić information content (AvgIpc) is 3.34. The van der Waals surface area contributed by atoms with E-state index in [1.54, 1.807) is 29.1 Å².